The van der Waals surface area contributed by atoms with E-state index in [0.29, 0.717) is 24.5 Å². The number of nitrogens with one attached hydrogen (secondary N) is 1. The van der Waals surface area contributed by atoms with Crippen LogP contribution in [0.4, 0.5) is 5.69 Å². The lowest BCUT2D eigenvalue weighted by Gasteiger charge is -2.08. The van der Waals surface area contributed by atoms with Crippen molar-refractivity contribution in [1.82, 2.24) is 10.1 Å². The number of benzene rings is 1. The van der Waals surface area contributed by atoms with Crippen LogP contribution in [0.1, 0.15) is 16.2 Å². The standard InChI is InChI=1S/C11H10BrN3O3/c12-7-1-2-9(8(5-7)11(16)17)13-4-3-10-14-6-15-18-10/h1-2,5-6,13H,3-4H2,(H,16,17). The summed E-state index contributed by atoms with van der Waals surface area (Å²) >= 11 is 3.24. The molecule has 94 valence electrons. The highest BCUT2D eigenvalue weighted by Crippen LogP contribution is 2.21. The molecule has 0 spiro atoms. The number of rotatable bonds is 5. The molecule has 2 aromatic rings. The fraction of sp³-hybridized carbons (Fsp3) is 0.182. The Bertz CT molecular complexity index is 542. The zero-order chi connectivity index (χ0) is 13.0. The van der Waals surface area contributed by atoms with E-state index >= 15 is 0 Å². The van der Waals surface area contributed by atoms with Gasteiger partial charge in [0.2, 0.25) is 5.89 Å². The summed E-state index contributed by atoms with van der Waals surface area (Å²) in [6.07, 6.45) is 1.87. The third-order valence-electron chi connectivity index (χ3n) is 2.27. The SMILES string of the molecule is O=C(O)c1cc(Br)ccc1NCCc1ncno1. The third kappa shape index (κ3) is 3.07. The molecule has 0 aliphatic heterocycles. The van der Waals surface area contributed by atoms with Crippen molar-refractivity contribution in [3.05, 3.63) is 40.5 Å². The lowest BCUT2D eigenvalue weighted by atomic mass is 10.2. The molecule has 0 unspecified atom stereocenters. The molecule has 0 atom stereocenters. The molecule has 1 aromatic carbocycles. The summed E-state index contributed by atoms with van der Waals surface area (Å²) in [6.45, 7) is 0.518. The van der Waals surface area contributed by atoms with Crippen LogP contribution in [0, 0.1) is 0 Å². The highest BCUT2D eigenvalue weighted by molar-refractivity contribution is 9.10. The second-order valence-electron chi connectivity index (χ2n) is 3.51. The van der Waals surface area contributed by atoms with Gasteiger partial charge < -0.3 is 14.9 Å². The van der Waals surface area contributed by atoms with Crippen LogP contribution in [-0.4, -0.2) is 27.8 Å². The van der Waals surface area contributed by atoms with Gasteiger partial charge in [-0.3, -0.25) is 0 Å². The van der Waals surface area contributed by atoms with Gasteiger partial charge in [0.05, 0.1) is 5.56 Å². The summed E-state index contributed by atoms with van der Waals surface area (Å²) in [7, 11) is 0. The number of anilines is 1. The Morgan fingerprint density at radius 3 is 3.00 bits per heavy atom. The lowest BCUT2D eigenvalue weighted by Crippen LogP contribution is -2.09. The monoisotopic (exact) mass is 311 g/mol. The van der Waals surface area contributed by atoms with E-state index in [1.807, 2.05) is 0 Å². The number of aromatic carboxylic acids is 1. The predicted octanol–water partition coefficient (Wildman–Crippen LogP) is 2.18. The topological polar surface area (TPSA) is 88.2 Å². The summed E-state index contributed by atoms with van der Waals surface area (Å²) in [4.78, 5) is 14.9. The Morgan fingerprint density at radius 2 is 2.33 bits per heavy atom. The molecule has 0 saturated carbocycles. The number of carboxylic acid groups (broad SMARTS) is 1. The molecule has 18 heavy (non-hydrogen) atoms. The van der Waals surface area contributed by atoms with Crippen molar-refractivity contribution in [3.8, 4) is 0 Å². The Morgan fingerprint density at radius 1 is 1.50 bits per heavy atom. The van der Waals surface area contributed by atoms with E-state index in [9.17, 15) is 4.79 Å². The zero-order valence-corrected chi connectivity index (χ0v) is 10.8. The van der Waals surface area contributed by atoms with E-state index in [-0.39, 0.29) is 5.56 Å². The molecule has 0 amide bonds. The highest BCUT2D eigenvalue weighted by Gasteiger charge is 2.10. The number of carbonyl (C=O) groups is 1. The molecule has 1 aromatic heterocycles. The van der Waals surface area contributed by atoms with E-state index in [0.717, 1.165) is 4.47 Å². The first-order chi connectivity index (χ1) is 8.66. The van der Waals surface area contributed by atoms with E-state index in [2.05, 4.69) is 31.4 Å². The lowest BCUT2D eigenvalue weighted by molar-refractivity contribution is 0.0698. The Kier molecular flexibility index (Phi) is 3.93. The second-order valence-corrected chi connectivity index (χ2v) is 4.42. The van der Waals surface area contributed by atoms with Crippen LogP contribution in [0.2, 0.25) is 0 Å². The van der Waals surface area contributed by atoms with E-state index in [1.165, 1.54) is 6.33 Å². The number of aromatic nitrogens is 2. The van der Waals surface area contributed by atoms with Gasteiger partial charge in [-0.15, -0.1) is 0 Å². The molecule has 2 rings (SSSR count). The molecule has 0 saturated heterocycles. The van der Waals surface area contributed by atoms with Crippen molar-refractivity contribution in [1.29, 1.82) is 0 Å². The third-order valence-corrected chi connectivity index (χ3v) is 2.77. The quantitative estimate of drug-likeness (QED) is 0.880. The van der Waals surface area contributed by atoms with Gasteiger partial charge in [-0.05, 0) is 18.2 Å². The van der Waals surface area contributed by atoms with Gasteiger partial charge in [0.25, 0.3) is 0 Å². The van der Waals surface area contributed by atoms with Crippen LogP contribution >= 0.6 is 15.9 Å². The van der Waals surface area contributed by atoms with Crippen LogP contribution in [0.5, 0.6) is 0 Å². The maximum Gasteiger partial charge on any atom is 0.337 e. The Hall–Kier alpha value is -1.89. The molecule has 1 heterocycles. The van der Waals surface area contributed by atoms with Crippen molar-refractivity contribution in [2.75, 3.05) is 11.9 Å². The van der Waals surface area contributed by atoms with Crippen LogP contribution in [-0.2, 0) is 6.42 Å². The van der Waals surface area contributed by atoms with Crippen molar-refractivity contribution in [2.45, 2.75) is 6.42 Å². The maximum absolute atomic E-state index is 11.1. The molecular formula is C11H10BrN3O3. The van der Waals surface area contributed by atoms with Crippen LogP contribution in [0.25, 0.3) is 0 Å². The minimum Gasteiger partial charge on any atom is -0.478 e. The minimum absolute atomic E-state index is 0.218. The first-order valence-corrected chi connectivity index (χ1v) is 5.98. The largest absolute Gasteiger partial charge is 0.478 e. The number of halogens is 1. The first-order valence-electron chi connectivity index (χ1n) is 5.19. The zero-order valence-electron chi connectivity index (χ0n) is 9.26. The Labute approximate surface area is 111 Å². The fourth-order valence-electron chi connectivity index (χ4n) is 1.46. The minimum atomic E-state index is -0.975. The normalized spacial score (nSPS) is 10.3. The summed E-state index contributed by atoms with van der Waals surface area (Å²) in [6, 6.07) is 5.04. The van der Waals surface area contributed by atoms with Crippen molar-refractivity contribution in [2.24, 2.45) is 0 Å². The van der Waals surface area contributed by atoms with Crippen molar-refractivity contribution in [3.63, 3.8) is 0 Å². The molecule has 0 radical (unpaired) electrons. The highest BCUT2D eigenvalue weighted by atomic mass is 79.9. The van der Waals surface area contributed by atoms with Gasteiger partial charge in [-0.2, -0.15) is 4.98 Å². The van der Waals surface area contributed by atoms with E-state index < -0.39 is 5.97 Å². The molecule has 0 fully saturated rings. The van der Waals surface area contributed by atoms with Gasteiger partial charge in [-0.25, -0.2) is 4.79 Å². The summed E-state index contributed by atoms with van der Waals surface area (Å²) < 4.78 is 5.57. The molecule has 0 bridgehead atoms. The van der Waals surface area contributed by atoms with Crippen LogP contribution in [0.3, 0.4) is 0 Å². The molecular weight excluding hydrogens is 302 g/mol. The predicted molar refractivity (Wildman–Crippen MR) is 67.6 cm³/mol. The first kappa shape index (κ1) is 12.6. The summed E-state index contributed by atoms with van der Waals surface area (Å²) in [5, 5.41) is 15.6. The molecule has 6 nitrogen and oxygen atoms in total. The number of hydrogen-bond acceptors (Lipinski definition) is 5. The van der Waals surface area contributed by atoms with Crippen molar-refractivity contribution >= 4 is 27.6 Å². The van der Waals surface area contributed by atoms with Gasteiger partial charge in [0, 0.05) is 23.1 Å². The molecule has 0 aliphatic carbocycles. The summed E-state index contributed by atoms with van der Waals surface area (Å²) in [5.74, 6) is -0.465. The number of hydrogen-bond donors (Lipinski definition) is 2. The van der Waals surface area contributed by atoms with Gasteiger partial charge in [0.1, 0.15) is 0 Å². The smallest absolute Gasteiger partial charge is 0.337 e. The van der Waals surface area contributed by atoms with Crippen molar-refractivity contribution < 1.29 is 14.4 Å². The Balaban J connectivity index is 2.02. The average Bonchev–Trinajstić information content (AvgIpc) is 2.84. The van der Waals surface area contributed by atoms with Gasteiger partial charge in [-0.1, -0.05) is 21.1 Å². The maximum atomic E-state index is 11.1. The van der Waals surface area contributed by atoms with Crippen LogP contribution < -0.4 is 5.32 Å². The number of nitrogens with zero attached hydrogens (tertiary/aromatic N) is 2. The van der Waals surface area contributed by atoms with E-state index in [1.54, 1.807) is 18.2 Å². The van der Waals surface area contributed by atoms with Crippen LogP contribution in [0.15, 0.2) is 33.5 Å². The second kappa shape index (κ2) is 5.63. The molecule has 2 N–H and O–H groups in total. The number of carboxylic acids is 1. The average molecular weight is 312 g/mol. The van der Waals surface area contributed by atoms with Gasteiger partial charge >= 0.3 is 5.97 Å². The fourth-order valence-corrected chi connectivity index (χ4v) is 1.82. The molecule has 0 aliphatic rings. The summed E-state index contributed by atoms with van der Waals surface area (Å²) in [5.41, 5.74) is 0.778. The van der Waals surface area contributed by atoms with Gasteiger partial charge in [0.15, 0.2) is 6.33 Å². The van der Waals surface area contributed by atoms with E-state index in [4.69, 9.17) is 9.63 Å². The molecule has 7 heteroatoms.